The molecule has 24 heavy (non-hydrogen) atoms. The van der Waals surface area contributed by atoms with Crippen molar-refractivity contribution in [2.75, 3.05) is 13.2 Å². The molecule has 1 aliphatic carbocycles. The van der Waals surface area contributed by atoms with Gasteiger partial charge in [-0.05, 0) is 31.7 Å². The Morgan fingerprint density at radius 1 is 1.21 bits per heavy atom. The molecule has 6 heteroatoms. The van der Waals surface area contributed by atoms with E-state index in [9.17, 15) is 9.59 Å². The zero-order valence-electron chi connectivity index (χ0n) is 15.0. The Bertz CT molecular complexity index is 562. The van der Waals surface area contributed by atoms with Gasteiger partial charge in [0.2, 0.25) is 5.91 Å². The summed E-state index contributed by atoms with van der Waals surface area (Å²) < 4.78 is 5.50. The van der Waals surface area contributed by atoms with Crippen LogP contribution in [0, 0.1) is 18.3 Å². The predicted molar refractivity (Wildman–Crippen MR) is 95.2 cm³/mol. The van der Waals surface area contributed by atoms with E-state index in [1.54, 1.807) is 4.90 Å². The van der Waals surface area contributed by atoms with Gasteiger partial charge in [-0.25, -0.2) is 4.79 Å². The molecule has 132 valence electrons. The number of piperidine rings is 1. The second kappa shape index (κ2) is 6.44. The summed E-state index contributed by atoms with van der Waals surface area (Å²) in [5, 5.41) is 0. The van der Waals surface area contributed by atoms with Crippen molar-refractivity contribution < 1.29 is 14.3 Å². The minimum atomic E-state index is -1.21. The number of carbonyl (C=O) groups excluding carboxylic acids is 2. The first-order valence-corrected chi connectivity index (χ1v) is 12.7. The molecule has 0 aromatic rings. The third-order valence-corrected chi connectivity index (χ3v) is 7.01. The number of fused-ring (bicyclic) bond motifs is 2. The van der Waals surface area contributed by atoms with E-state index < -0.39 is 8.07 Å². The van der Waals surface area contributed by atoms with E-state index in [0.717, 1.165) is 25.3 Å². The monoisotopic (exact) mass is 348 g/mol. The predicted octanol–water partition coefficient (Wildman–Crippen LogP) is 2.55. The summed E-state index contributed by atoms with van der Waals surface area (Å²) in [6.45, 7) is 7.85. The van der Waals surface area contributed by atoms with Crippen LogP contribution in [0.1, 0.15) is 25.7 Å². The molecule has 2 aliphatic heterocycles. The normalized spacial score (nSPS) is 29.3. The Morgan fingerprint density at radius 2 is 1.92 bits per heavy atom. The quantitative estimate of drug-likeness (QED) is 0.579. The van der Waals surface area contributed by atoms with Crippen LogP contribution in [0.5, 0.6) is 0 Å². The molecule has 0 radical (unpaired) electrons. The van der Waals surface area contributed by atoms with Crippen molar-refractivity contribution >= 4 is 20.1 Å². The Kier molecular flexibility index (Phi) is 4.65. The van der Waals surface area contributed by atoms with Gasteiger partial charge in [-0.15, -0.1) is 6.42 Å². The number of ether oxygens (including phenoxy) is 1. The Hall–Kier alpha value is -1.48. The lowest BCUT2D eigenvalue weighted by atomic mass is 9.95. The van der Waals surface area contributed by atoms with E-state index >= 15 is 0 Å². The van der Waals surface area contributed by atoms with Crippen LogP contribution in [0.15, 0.2) is 0 Å². The second-order valence-corrected chi connectivity index (χ2v) is 14.2. The van der Waals surface area contributed by atoms with Gasteiger partial charge in [0.25, 0.3) is 0 Å². The van der Waals surface area contributed by atoms with Gasteiger partial charge in [-0.2, -0.15) is 0 Å². The number of hydrogen-bond donors (Lipinski definition) is 0. The Balaban J connectivity index is 1.62. The largest absolute Gasteiger partial charge is 0.450 e. The standard InChI is InChI=1S/C18H28N2O3Si/c1-5-14-10-15-11-16(20(14)17(21)13-6-7-13)12-19(15)18(22)23-8-9-24(2,3)4/h1,13-16H,6-12H2,2-4H3/t14-,15-,16+/m0/s1. The molecule has 0 spiro atoms. The molecule has 3 aliphatic rings. The number of rotatable bonds is 4. The molecule has 2 bridgehead atoms. The maximum Gasteiger partial charge on any atom is 0.410 e. The molecule has 5 nitrogen and oxygen atoms in total. The number of terminal acetylenes is 1. The third kappa shape index (κ3) is 3.61. The van der Waals surface area contributed by atoms with Gasteiger partial charge >= 0.3 is 6.09 Å². The number of hydrogen-bond acceptors (Lipinski definition) is 3. The topological polar surface area (TPSA) is 49.9 Å². The SMILES string of the molecule is C#C[C@H]1C[C@H]2C[C@H](CN2C(=O)OCC[Si](C)(C)C)N1C(=O)C1CC1. The molecule has 2 heterocycles. The molecule has 3 fully saturated rings. The molecule has 3 atom stereocenters. The van der Waals surface area contributed by atoms with E-state index in [-0.39, 0.29) is 36.0 Å². The highest BCUT2D eigenvalue weighted by molar-refractivity contribution is 6.76. The molecule has 1 saturated carbocycles. The van der Waals surface area contributed by atoms with E-state index in [2.05, 4.69) is 25.6 Å². The van der Waals surface area contributed by atoms with Crippen molar-refractivity contribution in [3.63, 3.8) is 0 Å². The van der Waals surface area contributed by atoms with Crippen LogP contribution in [0.25, 0.3) is 0 Å². The average molecular weight is 349 g/mol. The summed E-state index contributed by atoms with van der Waals surface area (Å²) in [6.07, 6.45) is 8.90. The van der Waals surface area contributed by atoms with Crippen LogP contribution in [0.3, 0.4) is 0 Å². The first-order chi connectivity index (χ1) is 11.3. The number of likely N-dealkylation sites (tertiary alicyclic amines) is 2. The number of nitrogens with zero attached hydrogens (tertiary/aromatic N) is 2. The average Bonchev–Trinajstić information content (AvgIpc) is 3.29. The van der Waals surface area contributed by atoms with E-state index in [1.165, 1.54) is 0 Å². The van der Waals surface area contributed by atoms with Crippen LogP contribution in [0.4, 0.5) is 4.79 Å². The molecular formula is C18H28N2O3Si. The lowest BCUT2D eigenvalue weighted by Gasteiger charge is -2.37. The summed E-state index contributed by atoms with van der Waals surface area (Å²) in [4.78, 5) is 28.7. The fourth-order valence-corrected chi connectivity index (χ4v) is 4.43. The van der Waals surface area contributed by atoms with Crippen LogP contribution in [-0.2, 0) is 9.53 Å². The highest BCUT2D eigenvalue weighted by atomic mass is 28.3. The summed E-state index contributed by atoms with van der Waals surface area (Å²) in [7, 11) is -1.21. The lowest BCUT2D eigenvalue weighted by molar-refractivity contribution is -0.137. The van der Waals surface area contributed by atoms with E-state index in [1.807, 2.05) is 4.90 Å². The maximum atomic E-state index is 12.6. The van der Waals surface area contributed by atoms with Gasteiger partial charge in [0.05, 0.1) is 18.7 Å². The molecular weight excluding hydrogens is 320 g/mol. The van der Waals surface area contributed by atoms with Crippen molar-refractivity contribution in [2.24, 2.45) is 5.92 Å². The molecule has 0 unspecified atom stereocenters. The molecule has 0 aromatic carbocycles. The van der Waals surface area contributed by atoms with Crippen molar-refractivity contribution in [2.45, 2.75) is 69.5 Å². The van der Waals surface area contributed by atoms with Crippen LogP contribution in [-0.4, -0.2) is 61.2 Å². The first-order valence-electron chi connectivity index (χ1n) is 9.02. The highest BCUT2D eigenvalue weighted by Crippen LogP contribution is 2.39. The van der Waals surface area contributed by atoms with Gasteiger partial charge in [0.15, 0.2) is 0 Å². The van der Waals surface area contributed by atoms with Gasteiger partial charge in [0.1, 0.15) is 0 Å². The number of carbonyl (C=O) groups is 2. The summed E-state index contributed by atoms with van der Waals surface area (Å²) in [6, 6.07) is 0.961. The molecule has 3 rings (SSSR count). The fraction of sp³-hybridized carbons (Fsp3) is 0.778. The Labute approximate surface area is 145 Å². The van der Waals surface area contributed by atoms with E-state index in [4.69, 9.17) is 11.2 Å². The van der Waals surface area contributed by atoms with Gasteiger partial charge in [0, 0.05) is 26.6 Å². The maximum absolute atomic E-state index is 12.6. The van der Waals surface area contributed by atoms with Crippen molar-refractivity contribution in [3.8, 4) is 12.3 Å². The summed E-state index contributed by atoms with van der Waals surface area (Å²) >= 11 is 0. The molecule has 2 saturated heterocycles. The molecule has 2 amide bonds. The smallest absolute Gasteiger partial charge is 0.410 e. The Morgan fingerprint density at radius 3 is 2.50 bits per heavy atom. The van der Waals surface area contributed by atoms with Gasteiger partial charge < -0.3 is 14.5 Å². The third-order valence-electron chi connectivity index (χ3n) is 5.30. The molecule has 0 aromatic heterocycles. The first kappa shape index (κ1) is 17.3. The zero-order valence-corrected chi connectivity index (χ0v) is 16.0. The minimum Gasteiger partial charge on any atom is -0.450 e. The van der Waals surface area contributed by atoms with Crippen LogP contribution >= 0.6 is 0 Å². The summed E-state index contributed by atoms with van der Waals surface area (Å²) in [5.41, 5.74) is 0. The highest BCUT2D eigenvalue weighted by Gasteiger charge is 2.50. The second-order valence-electron chi connectivity index (χ2n) is 8.56. The van der Waals surface area contributed by atoms with Gasteiger partial charge in [-0.1, -0.05) is 25.6 Å². The lowest BCUT2D eigenvalue weighted by Crippen LogP contribution is -2.51. The number of amides is 2. The van der Waals surface area contributed by atoms with Gasteiger partial charge in [-0.3, -0.25) is 4.79 Å². The van der Waals surface area contributed by atoms with Crippen LogP contribution in [0.2, 0.25) is 25.7 Å². The minimum absolute atomic E-state index is 0.0578. The molecule has 0 N–H and O–H groups in total. The van der Waals surface area contributed by atoms with Crippen molar-refractivity contribution in [3.05, 3.63) is 0 Å². The zero-order chi connectivity index (χ0) is 17.5. The van der Waals surface area contributed by atoms with Crippen molar-refractivity contribution in [1.82, 2.24) is 9.80 Å². The fourth-order valence-electron chi connectivity index (χ4n) is 3.72. The van der Waals surface area contributed by atoms with Crippen molar-refractivity contribution in [1.29, 1.82) is 0 Å². The van der Waals surface area contributed by atoms with Crippen LogP contribution < -0.4 is 0 Å². The summed E-state index contributed by atoms with van der Waals surface area (Å²) in [5.74, 6) is 3.13. The van der Waals surface area contributed by atoms with E-state index in [0.29, 0.717) is 19.6 Å².